The molecule has 2 aliphatic carbocycles. The highest BCUT2D eigenvalue weighted by molar-refractivity contribution is 7.90. The molecule has 132 valence electrons. The summed E-state index contributed by atoms with van der Waals surface area (Å²) in [6.07, 6.45) is 8.40. The van der Waals surface area contributed by atoms with Crippen LogP contribution in [0.1, 0.15) is 36.9 Å². The first-order valence-electron chi connectivity index (χ1n) is 8.55. The maximum atomic E-state index is 12.0. The first-order chi connectivity index (χ1) is 12.0. The molecule has 7 nitrogen and oxygen atoms in total. The van der Waals surface area contributed by atoms with Crippen LogP contribution in [0.15, 0.2) is 24.5 Å². The molecule has 0 aromatic carbocycles. The molecule has 8 heteroatoms. The number of hydrogen-bond acceptors (Lipinski definition) is 6. The Hall–Kier alpha value is -2.06. The summed E-state index contributed by atoms with van der Waals surface area (Å²) >= 11 is 0. The minimum atomic E-state index is -3.59. The van der Waals surface area contributed by atoms with Crippen LogP contribution in [0.2, 0.25) is 0 Å². The summed E-state index contributed by atoms with van der Waals surface area (Å²) in [5.74, 6) is 1.35. The van der Waals surface area contributed by atoms with Crippen molar-refractivity contribution in [2.45, 2.75) is 43.3 Å². The number of nitrogens with zero attached hydrogens (tertiary/aromatic N) is 3. The molecule has 0 aliphatic heterocycles. The van der Waals surface area contributed by atoms with Gasteiger partial charge in [-0.25, -0.2) is 23.5 Å². The van der Waals surface area contributed by atoms with E-state index in [1.54, 1.807) is 12.4 Å². The normalized spacial score (nSPS) is 18.4. The molecule has 25 heavy (non-hydrogen) atoms. The summed E-state index contributed by atoms with van der Waals surface area (Å²) in [5.41, 5.74) is 2.98. The lowest BCUT2D eigenvalue weighted by Crippen LogP contribution is -2.53. The van der Waals surface area contributed by atoms with Crippen LogP contribution in [0.5, 0.6) is 0 Å². The standard InChI is InChI=1S/C17H21N5O2S/c18-25(23,24)17(7-3-8-17)11-20-16-13-5-1-6-14(13)21-15(22-16)12-4-2-9-19-10-12/h2,4,9-10H,1,3,5-8,11H2,(H2,18,23,24)(H,20,21,22). The van der Waals surface area contributed by atoms with E-state index in [-0.39, 0.29) is 0 Å². The summed E-state index contributed by atoms with van der Waals surface area (Å²) < 4.78 is 23.1. The summed E-state index contributed by atoms with van der Waals surface area (Å²) in [7, 11) is -3.59. The minimum Gasteiger partial charge on any atom is -0.368 e. The Bertz CT molecular complexity index is 895. The fourth-order valence-corrected chi connectivity index (χ4v) is 4.71. The highest BCUT2D eigenvalue weighted by Gasteiger charge is 2.47. The number of sulfonamides is 1. The quantitative estimate of drug-likeness (QED) is 0.840. The van der Waals surface area contributed by atoms with E-state index in [9.17, 15) is 8.42 Å². The van der Waals surface area contributed by atoms with Gasteiger partial charge in [-0.1, -0.05) is 6.42 Å². The average Bonchev–Trinajstić information content (AvgIpc) is 3.01. The largest absolute Gasteiger partial charge is 0.368 e. The molecular weight excluding hydrogens is 338 g/mol. The Morgan fingerprint density at radius 2 is 2.04 bits per heavy atom. The van der Waals surface area contributed by atoms with Crippen molar-refractivity contribution in [1.29, 1.82) is 0 Å². The number of fused-ring (bicyclic) bond motifs is 1. The van der Waals surface area contributed by atoms with E-state index in [0.717, 1.165) is 48.3 Å². The van der Waals surface area contributed by atoms with Gasteiger partial charge in [0.1, 0.15) is 10.6 Å². The Morgan fingerprint density at radius 3 is 2.68 bits per heavy atom. The van der Waals surface area contributed by atoms with Gasteiger partial charge in [-0.05, 0) is 44.2 Å². The van der Waals surface area contributed by atoms with Crippen molar-refractivity contribution in [3.63, 3.8) is 0 Å². The molecule has 0 unspecified atom stereocenters. The number of aromatic nitrogens is 3. The molecule has 0 radical (unpaired) electrons. The predicted molar refractivity (Wildman–Crippen MR) is 95.5 cm³/mol. The van der Waals surface area contributed by atoms with Gasteiger partial charge in [-0.3, -0.25) is 4.98 Å². The number of anilines is 1. The zero-order valence-electron chi connectivity index (χ0n) is 13.9. The number of nitrogens with two attached hydrogens (primary N) is 1. The number of nitrogens with one attached hydrogen (secondary N) is 1. The van der Waals surface area contributed by atoms with Gasteiger partial charge < -0.3 is 5.32 Å². The number of rotatable bonds is 5. The minimum absolute atomic E-state index is 0.293. The van der Waals surface area contributed by atoms with Gasteiger partial charge in [0.2, 0.25) is 10.0 Å². The van der Waals surface area contributed by atoms with E-state index in [1.165, 1.54) is 0 Å². The number of pyridine rings is 1. The summed E-state index contributed by atoms with van der Waals surface area (Å²) in [6.45, 7) is 0.293. The van der Waals surface area contributed by atoms with Gasteiger partial charge in [0.25, 0.3) is 0 Å². The van der Waals surface area contributed by atoms with E-state index in [2.05, 4.69) is 20.3 Å². The molecule has 1 saturated carbocycles. The van der Waals surface area contributed by atoms with Crippen LogP contribution >= 0.6 is 0 Å². The van der Waals surface area contributed by atoms with Gasteiger partial charge in [0.05, 0.1) is 0 Å². The molecule has 2 aliphatic rings. The van der Waals surface area contributed by atoms with Crippen molar-refractivity contribution >= 4 is 15.8 Å². The van der Waals surface area contributed by atoms with Gasteiger partial charge in [-0.2, -0.15) is 0 Å². The third-order valence-corrected chi connectivity index (χ3v) is 7.06. The van der Waals surface area contributed by atoms with Crippen LogP contribution in [-0.2, 0) is 22.9 Å². The summed E-state index contributed by atoms with van der Waals surface area (Å²) in [4.78, 5) is 13.5. The molecule has 0 bridgehead atoms. The monoisotopic (exact) mass is 359 g/mol. The Labute approximate surface area is 147 Å². The van der Waals surface area contributed by atoms with Crippen molar-refractivity contribution in [2.75, 3.05) is 11.9 Å². The van der Waals surface area contributed by atoms with Crippen molar-refractivity contribution in [3.8, 4) is 11.4 Å². The summed E-state index contributed by atoms with van der Waals surface area (Å²) in [6, 6.07) is 3.77. The lowest BCUT2D eigenvalue weighted by atomic mass is 9.84. The van der Waals surface area contributed by atoms with E-state index in [1.807, 2.05) is 12.1 Å². The van der Waals surface area contributed by atoms with Gasteiger partial charge in [0, 0.05) is 35.8 Å². The smallest absolute Gasteiger partial charge is 0.216 e. The van der Waals surface area contributed by atoms with Crippen molar-refractivity contribution < 1.29 is 8.42 Å². The van der Waals surface area contributed by atoms with E-state index in [0.29, 0.717) is 25.2 Å². The third kappa shape index (κ3) is 2.89. The predicted octanol–water partition coefficient (Wildman–Crippen LogP) is 1.65. The second-order valence-electron chi connectivity index (χ2n) is 6.85. The second kappa shape index (κ2) is 6.03. The van der Waals surface area contributed by atoms with Crippen LogP contribution in [0.4, 0.5) is 5.82 Å². The average molecular weight is 359 g/mol. The molecule has 0 spiro atoms. The number of aryl methyl sites for hydroxylation is 1. The third-order valence-electron chi connectivity index (χ3n) is 5.30. The van der Waals surface area contributed by atoms with Crippen molar-refractivity contribution in [3.05, 3.63) is 35.8 Å². The maximum absolute atomic E-state index is 12.0. The van der Waals surface area contributed by atoms with Crippen LogP contribution in [0, 0.1) is 0 Å². The number of hydrogen-bond donors (Lipinski definition) is 2. The zero-order chi connectivity index (χ0) is 17.5. The molecule has 0 amide bonds. The molecule has 1 fully saturated rings. The van der Waals surface area contributed by atoms with Crippen LogP contribution in [-0.4, -0.2) is 34.7 Å². The van der Waals surface area contributed by atoms with Crippen LogP contribution in [0.3, 0.4) is 0 Å². The second-order valence-corrected chi connectivity index (χ2v) is 8.81. The van der Waals surface area contributed by atoms with Crippen LogP contribution < -0.4 is 10.5 Å². The highest BCUT2D eigenvalue weighted by atomic mass is 32.2. The molecule has 0 saturated heterocycles. The topological polar surface area (TPSA) is 111 Å². The fourth-order valence-electron chi connectivity index (χ4n) is 3.58. The summed E-state index contributed by atoms with van der Waals surface area (Å²) in [5, 5.41) is 8.74. The molecule has 0 atom stereocenters. The van der Waals surface area contributed by atoms with E-state index >= 15 is 0 Å². The molecule has 2 heterocycles. The molecule has 4 rings (SSSR count). The lowest BCUT2D eigenvalue weighted by molar-refractivity contribution is 0.351. The molecule has 2 aromatic heterocycles. The highest BCUT2D eigenvalue weighted by Crippen LogP contribution is 2.38. The van der Waals surface area contributed by atoms with Crippen LogP contribution in [0.25, 0.3) is 11.4 Å². The van der Waals surface area contributed by atoms with E-state index in [4.69, 9.17) is 5.14 Å². The van der Waals surface area contributed by atoms with Crippen molar-refractivity contribution in [2.24, 2.45) is 5.14 Å². The fraction of sp³-hybridized carbons (Fsp3) is 0.471. The van der Waals surface area contributed by atoms with Gasteiger partial charge in [-0.15, -0.1) is 0 Å². The zero-order valence-corrected chi connectivity index (χ0v) is 14.7. The Balaban J connectivity index is 1.66. The number of primary sulfonamides is 1. The first-order valence-corrected chi connectivity index (χ1v) is 10.1. The van der Waals surface area contributed by atoms with Gasteiger partial charge >= 0.3 is 0 Å². The first kappa shape index (κ1) is 16.4. The lowest BCUT2D eigenvalue weighted by Gasteiger charge is -2.39. The maximum Gasteiger partial charge on any atom is 0.216 e. The van der Waals surface area contributed by atoms with Gasteiger partial charge in [0.15, 0.2) is 5.82 Å². The SMILES string of the molecule is NS(=O)(=O)C1(CNc2nc(-c3cccnc3)nc3c2CCC3)CCC1. The molecule has 2 aromatic rings. The Morgan fingerprint density at radius 1 is 1.20 bits per heavy atom. The Kier molecular flexibility index (Phi) is 3.96. The molecule has 3 N–H and O–H groups in total. The molecular formula is C17H21N5O2S. The van der Waals surface area contributed by atoms with E-state index < -0.39 is 14.8 Å². The van der Waals surface area contributed by atoms with Crippen molar-refractivity contribution in [1.82, 2.24) is 15.0 Å².